The monoisotopic (exact) mass is 286 g/mol. The van der Waals surface area contributed by atoms with Crippen LogP contribution in [0.2, 0.25) is 0 Å². The Morgan fingerprint density at radius 1 is 1.05 bits per heavy atom. The number of amides is 3. The number of fused-ring (bicyclic) bond motifs is 1. The van der Waals surface area contributed by atoms with Gasteiger partial charge in [-0.1, -0.05) is 18.2 Å². The van der Waals surface area contributed by atoms with Gasteiger partial charge in [0.25, 0.3) is 0 Å². The maximum Gasteiger partial charge on any atom is 0.229 e. The van der Waals surface area contributed by atoms with E-state index in [-0.39, 0.29) is 43.5 Å². The minimum atomic E-state index is -0.160. The summed E-state index contributed by atoms with van der Waals surface area (Å²) in [5.74, 6) is -0.340. The lowest BCUT2D eigenvalue weighted by atomic mass is 10.0. The summed E-state index contributed by atoms with van der Waals surface area (Å²) in [5, 5.41) is 0. The molecule has 2 heterocycles. The number of anilines is 1. The predicted molar refractivity (Wildman–Crippen MR) is 77.7 cm³/mol. The summed E-state index contributed by atoms with van der Waals surface area (Å²) in [7, 11) is 0. The third-order valence-electron chi connectivity index (χ3n) is 4.12. The third-order valence-corrected chi connectivity index (χ3v) is 4.12. The van der Waals surface area contributed by atoms with Gasteiger partial charge >= 0.3 is 0 Å². The molecule has 2 aliphatic rings. The largest absolute Gasteiger partial charge is 0.312 e. The van der Waals surface area contributed by atoms with Gasteiger partial charge in [0.2, 0.25) is 17.7 Å². The summed E-state index contributed by atoms with van der Waals surface area (Å²) in [5.41, 5.74) is 2.15. The first-order valence-corrected chi connectivity index (χ1v) is 7.38. The molecule has 0 aliphatic carbocycles. The first kappa shape index (κ1) is 13.8. The molecular weight excluding hydrogens is 268 g/mol. The Morgan fingerprint density at radius 2 is 1.76 bits per heavy atom. The van der Waals surface area contributed by atoms with Gasteiger partial charge in [-0.2, -0.15) is 0 Å². The highest BCUT2D eigenvalue weighted by Gasteiger charge is 2.30. The first-order valence-electron chi connectivity index (χ1n) is 7.38. The molecule has 2 aliphatic heterocycles. The number of nitrogens with zero attached hydrogens (tertiary/aromatic N) is 2. The van der Waals surface area contributed by atoms with Crippen molar-refractivity contribution >= 4 is 23.4 Å². The number of rotatable bonds is 3. The molecule has 0 aromatic heterocycles. The molecule has 1 aromatic carbocycles. The van der Waals surface area contributed by atoms with Crippen molar-refractivity contribution < 1.29 is 14.4 Å². The number of imide groups is 1. The summed E-state index contributed by atoms with van der Waals surface area (Å²) in [4.78, 5) is 38.5. The van der Waals surface area contributed by atoms with E-state index >= 15 is 0 Å². The highest BCUT2D eigenvalue weighted by molar-refractivity contribution is 6.02. The van der Waals surface area contributed by atoms with Gasteiger partial charge in [0, 0.05) is 38.0 Å². The van der Waals surface area contributed by atoms with Crippen LogP contribution >= 0.6 is 0 Å². The van der Waals surface area contributed by atoms with Gasteiger partial charge in [0.1, 0.15) is 0 Å². The van der Waals surface area contributed by atoms with Crippen molar-refractivity contribution in [2.24, 2.45) is 0 Å². The molecule has 0 N–H and O–H groups in total. The van der Waals surface area contributed by atoms with Crippen LogP contribution in [0.1, 0.15) is 31.2 Å². The van der Waals surface area contributed by atoms with E-state index in [1.54, 1.807) is 4.90 Å². The zero-order valence-electron chi connectivity index (χ0n) is 11.9. The molecule has 21 heavy (non-hydrogen) atoms. The van der Waals surface area contributed by atoms with E-state index in [2.05, 4.69) is 0 Å². The molecule has 0 radical (unpaired) electrons. The second-order valence-electron chi connectivity index (χ2n) is 5.47. The molecule has 3 rings (SSSR count). The Hall–Kier alpha value is -2.17. The van der Waals surface area contributed by atoms with Crippen molar-refractivity contribution in [3.05, 3.63) is 29.8 Å². The fourth-order valence-electron chi connectivity index (χ4n) is 3.01. The van der Waals surface area contributed by atoms with E-state index in [4.69, 9.17) is 0 Å². The van der Waals surface area contributed by atoms with Crippen molar-refractivity contribution in [3.8, 4) is 0 Å². The first-order chi connectivity index (χ1) is 10.2. The molecule has 0 unspecified atom stereocenters. The van der Waals surface area contributed by atoms with Crippen LogP contribution in [0.5, 0.6) is 0 Å². The normalized spacial score (nSPS) is 18.1. The fourth-order valence-corrected chi connectivity index (χ4v) is 3.01. The quantitative estimate of drug-likeness (QED) is 0.791. The number of para-hydroxylation sites is 1. The van der Waals surface area contributed by atoms with Crippen molar-refractivity contribution in [2.45, 2.75) is 32.1 Å². The molecule has 0 bridgehead atoms. The highest BCUT2D eigenvalue weighted by atomic mass is 16.2. The fraction of sp³-hybridized carbons (Fsp3) is 0.438. The lowest BCUT2D eigenvalue weighted by Crippen LogP contribution is -2.39. The van der Waals surface area contributed by atoms with Crippen molar-refractivity contribution in [1.82, 2.24) is 4.90 Å². The molecule has 5 nitrogen and oxygen atoms in total. The summed E-state index contributed by atoms with van der Waals surface area (Å²) in [6.07, 6.45) is 2.69. The van der Waals surface area contributed by atoms with Gasteiger partial charge in [-0.15, -0.1) is 0 Å². The van der Waals surface area contributed by atoms with Gasteiger partial charge in [0.15, 0.2) is 0 Å². The molecule has 5 heteroatoms. The van der Waals surface area contributed by atoms with E-state index in [1.165, 1.54) is 10.5 Å². The summed E-state index contributed by atoms with van der Waals surface area (Å²) >= 11 is 0. The zero-order chi connectivity index (χ0) is 14.8. The van der Waals surface area contributed by atoms with E-state index < -0.39 is 0 Å². The number of hydrogen-bond acceptors (Lipinski definition) is 3. The Morgan fingerprint density at radius 3 is 2.52 bits per heavy atom. The smallest absolute Gasteiger partial charge is 0.229 e. The minimum absolute atomic E-state index is 0.0188. The summed E-state index contributed by atoms with van der Waals surface area (Å²) < 4.78 is 0. The van der Waals surface area contributed by atoms with Crippen LogP contribution in [0, 0.1) is 0 Å². The number of likely N-dealkylation sites (tertiary alicyclic amines) is 1. The Kier molecular flexibility index (Phi) is 3.73. The lowest BCUT2D eigenvalue weighted by molar-refractivity contribution is -0.138. The van der Waals surface area contributed by atoms with E-state index in [0.29, 0.717) is 6.54 Å². The third kappa shape index (κ3) is 2.68. The molecule has 0 atom stereocenters. The molecule has 1 fully saturated rings. The second kappa shape index (κ2) is 5.68. The van der Waals surface area contributed by atoms with Crippen LogP contribution in [-0.4, -0.2) is 35.7 Å². The highest BCUT2D eigenvalue weighted by Crippen LogP contribution is 2.27. The van der Waals surface area contributed by atoms with Crippen LogP contribution < -0.4 is 4.90 Å². The molecule has 1 saturated heterocycles. The summed E-state index contributed by atoms with van der Waals surface area (Å²) in [6.45, 7) is 0.910. The van der Waals surface area contributed by atoms with Gasteiger partial charge in [-0.25, -0.2) is 0 Å². The number of hydrogen-bond donors (Lipinski definition) is 0. The number of aryl methyl sites for hydroxylation is 1. The molecule has 3 amide bonds. The zero-order valence-corrected chi connectivity index (χ0v) is 11.9. The van der Waals surface area contributed by atoms with Crippen LogP contribution in [0.25, 0.3) is 0 Å². The molecule has 0 spiro atoms. The van der Waals surface area contributed by atoms with Gasteiger partial charge in [-0.3, -0.25) is 19.3 Å². The topological polar surface area (TPSA) is 57.7 Å². The SMILES string of the molecule is O=C1CCC(=O)N1CCC(=O)N1CCCc2ccccc21. The minimum Gasteiger partial charge on any atom is -0.312 e. The van der Waals surface area contributed by atoms with Gasteiger partial charge < -0.3 is 4.90 Å². The summed E-state index contributed by atoms with van der Waals surface area (Å²) in [6, 6.07) is 7.91. The van der Waals surface area contributed by atoms with Gasteiger partial charge in [0.05, 0.1) is 0 Å². The van der Waals surface area contributed by atoms with Crippen molar-refractivity contribution in [1.29, 1.82) is 0 Å². The van der Waals surface area contributed by atoms with Crippen LogP contribution in [-0.2, 0) is 20.8 Å². The van der Waals surface area contributed by atoms with Crippen LogP contribution in [0.3, 0.4) is 0 Å². The average Bonchev–Trinajstić information content (AvgIpc) is 2.83. The molecular formula is C16H18N2O3. The standard InChI is InChI=1S/C16H18N2O3/c19-14-7-8-15(20)18(14)11-9-16(21)17-10-3-5-12-4-1-2-6-13(12)17/h1-2,4,6H,3,5,7-11H2. The molecule has 110 valence electrons. The Bertz CT molecular complexity index is 581. The van der Waals surface area contributed by atoms with Crippen LogP contribution in [0.4, 0.5) is 5.69 Å². The van der Waals surface area contributed by atoms with E-state index in [1.807, 2.05) is 24.3 Å². The second-order valence-corrected chi connectivity index (χ2v) is 5.47. The number of carbonyl (C=O) groups excluding carboxylic acids is 3. The van der Waals surface area contributed by atoms with E-state index in [0.717, 1.165) is 18.5 Å². The maximum atomic E-state index is 12.4. The van der Waals surface area contributed by atoms with Crippen molar-refractivity contribution in [3.63, 3.8) is 0 Å². The van der Waals surface area contributed by atoms with Gasteiger partial charge in [-0.05, 0) is 24.5 Å². The molecule has 0 saturated carbocycles. The Balaban J connectivity index is 1.67. The van der Waals surface area contributed by atoms with E-state index in [9.17, 15) is 14.4 Å². The average molecular weight is 286 g/mol. The lowest BCUT2D eigenvalue weighted by Gasteiger charge is -2.30. The number of carbonyl (C=O) groups is 3. The maximum absolute atomic E-state index is 12.4. The number of benzene rings is 1. The molecule has 1 aromatic rings. The van der Waals surface area contributed by atoms with Crippen molar-refractivity contribution in [2.75, 3.05) is 18.0 Å². The predicted octanol–water partition coefficient (Wildman–Crippen LogP) is 1.50. The Labute approximate surface area is 123 Å². The van der Waals surface area contributed by atoms with Crippen LogP contribution in [0.15, 0.2) is 24.3 Å².